The minimum absolute atomic E-state index is 0.331. The molecular weight excluding hydrogens is 468 g/mol. The van der Waals surface area contributed by atoms with Gasteiger partial charge in [-0.3, -0.25) is 0 Å². The molecule has 1 radical (unpaired) electrons. The summed E-state index contributed by atoms with van der Waals surface area (Å²) in [5.74, 6) is 0.536. The zero-order valence-electron chi connectivity index (χ0n) is 4.01. The van der Waals surface area contributed by atoms with E-state index in [-0.39, 0.29) is 5.38 Å². The Morgan fingerprint density at radius 1 is 1.00 bits per heavy atom. The minimum atomic E-state index is -0.387. The standard InChI is InChI=1S/C3H2Br5S/c4-2(5,1-9)3(6,7)8/h1H2. The van der Waals surface area contributed by atoms with Crippen LogP contribution in [0.5, 0.6) is 0 Å². The van der Waals surface area contributed by atoms with Gasteiger partial charge < -0.3 is 0 Å². The van der Waals surface area contributed by atoms with E-state index in [1.165, 1.54) is 0 Å². The Hall–Kier alpha value is 2.75. The summed E-state index contributed by atoms with van der Waals surface area (Å²) in [6, 6.07) is 0. The fraction of sp³-hybridized carbons (Fsp3) is 1.00. The predicted molar refractivity (Wildman–Crippen MR) is 62.6 cm³/mol. The molecule has 0 aromatic rings. The van der Waals surface area contributed by atoms with Crippen molar-refractivity contribution in [3.05, 3.63) is 0 Å². The predicted octanol–water partition coefficient (Wildman–Crippen LogP) is 4.51. The highest BCUT2D eigenvalue weighted by molar-refractivity contribution is 9.41. The van der Waals surface area contributed by atoms with Crippen LogP contribution in [0.3, 0.4) is 0 Å². The molecule has 0 aromatic heterocycles. The molecule has 0 aliphatic heterocycles. The van der Waals surface area contributed by atoms with E-state index in [9.17, 15) is 0 Å². The molecule has 6 heteroatoms. The van der Waals surface area contributed by atoms with Crippen LogP contribution in [-0.2, 0) is 0 Å². The van der Waals surface area contributed by atoms with Gasteiger partial charge in [-0.25, -0.2) is 0 Å². The third kappa shape index (κ3) is 3.78. The fourth-order valence-corrected chi connectivity index (χ4v) is 1.28. The van der Waals surface area contributed by atoms with Gasteiger partial charge >= 0.3 is 0 Å². The molecule has 0 fully saturated rings. The quantitative estimate of drug-likeness (QED) is 0.496. The van der Waals surface area contributed by atoms with Gasteiger partial charge in [0.1, 0.15) is 3.23 Å². The largest absolute Gasteiger partial charge is 0.160 e. The normalized spacial score (nSPS) is 14.0. The van der Waals surface area contributed by atoms with Gasteiger partial charge in [0.15, 0.2) is 2.14 Å². The van der Waals surface area contributed by atoms with Crippen molar-refractivity contribution < 1.29 is 0 Å². The second-order valence-electron chi connectivity index (χ2n) is 1.35. The molecule has 0 aliphatic rings. The fourth-order valence-electron chi connectivity index (χ4n) is 0.0818. The Morgan fingerprint density at radius 2 is 1.33 bits per heavy atom. The minimum Gasteiger partial charge on any atom is -0.0916 e. The molecule has 0 aliphatic carbocycles. The van der Waals surface area contributed by atoms with Crippen LogP contribution in [0.15, 0.2) is 0 Å². The second-order valence-corrected chi connectivity index (χ2v) is 12.2. The van der Waals surface area contributed by atoms with Crippen molar-refractivity contribution in [1.82, 2.24) is 0 Å². The lowest BCUT2D eigenvalue weighted by Crippen LogP contribution is -2.29. The summed E-state index contributed by atoms with van der Waals surface area (Å²) in [5.41, 5.74) is 0. The topological polar surface area (TPSA) is 0 Å². The van der Waals surface area contributed by atoms with E-state index in [1.54, 1.807) is 0 Å². The van der Waals surface area contributed by atoms with Crippen LogP contribution < -0.4 is 0 Å². The summed E-state index contributed by atoms with van der Waals surface area (Å²) in [6.45, 7) is 0. The number of rotatable bonds is 1. The lowest BCUT2D eigenvalue weighted by Gasteiger charge is -2.26. The summed E-state index contributed by atoms with van der Waals surface area (Å²) in [6.07, 6.45) is 0. The van der Waals surface area contributed by atoms with Crippen LogP contribution in [0, 0.1) is 0 Å². The van der Waals surface area contributed by atoms with Gasteiger partial charge in [0.2, 0.25) is 0 Å². The zero-order chi connectivity index (χ0) is 7.71. The number of halogens is 5. The molecule has 0 nitrogen and oxygen atoms in total. The Bertz CT molecular complexity index is 94.9. The van der Waals surface area contributed by atoms with E-state index in [1.807, 2.05) is 0 Å². The average molecular weight is 470 g/mol. The molecule has 0 atom stereocenters. The van der Waals surface area contributed by atoms with Gasteiger partial charge in [-0.1, -0.05) is 92.3 Å². The molecule has 0 bridgehead atoms. The second kappa shape index (κ2) is 4.12. The van der Waals surface area contributed by atoms with Crippen LogP contribution in [0.2, 0.25) is 0 Å². The summed E-state index contributed by atoms with van der Waals surface area (Å²) in [5, 5.41) is 0. The first-order valence-electron chi connectivity index (χ1n) is 1.84. The van der Waals surface area contributed by atoms with Crippen molar-refractivity contribution in [2.24, 2.45) is 0 Å². The number of hydrogen-bond acceptors (Lipinski definition) is 0. The Kier molecular flexibility index (Phi) is 5.38. The van der Waals surface area contributed by atoms with Crippen LogP contribution in [-0.4, -0.2) is 11.1 Å². The van der Waals surface area contributed by atoms with E-state index < -0.39 is 0 Å². The first-order chi connectivity index (χ1) is 3.81. The Labute approximate surface area is 102 Å². The summed E-state index contributed by atoms with van der Waals surface area (Å²) in [4.78, 5) is 0. The maximum absolute atomic E-state index is 4.85. The van der Waals surface area contributed by atoms with Gasteiger partial charge in [0, 0.05) is 5.75 Å². The molecular formula is C3H2Br5S. The first kappa shape index (κ1) is 11.8. The van der Waals surface area contributed by atoms with E-state index in [0.717, 1.165) is 0 Å². The SMILES string of the molecule is [S]CC(Br)(Br)C(Br)(Br)Br. The van der Waals surface area contributed by atoms with Crippen LogP contribution in [0.25, 0.3) is 0 Å². The molecule has 0 aromatic carbocycles. The molecule has 0 spiro atoms. The van der Waals surface area contributed by atoms with E-state index in [4.69, 9.17) is 12.6 Å². The van der Waals surface area contributed by atoms with Crippen LogP contribution in [0.4, 0.5) is 0 Å². The summed E-state index contributed by atoms with van der Waals surface area (Å²) < 4.78 is -0.718. The molecule has 55 valence electrons. The lowest BCUT2D eigenvalue weighted by molar-refractivity contribution is 1.06. The highest BCUT2D eigenvalue weighted by Gasteiger charge is 2.41. The van der Waals surface area contributed by atoms with Crippen LogP contribution >= 0.6 is 92.3 Å². The third-order valence-corrected chi connectivity index (χ3v) is 8.74. The van der Waals surface area contributed by atoms with E-state index in [0.29, 0.717) is 5.75 Å². The Morgan fingerprint density at radius 3 is 1.33 bits per heavy atom. The van der Waals surface area contributed by atoms with E-state index in [2.05, 4.69) is 79.6 Å². The third-order valence-electron chi connectivity index (χ3n) is 0.596. The highest BCUT2D eigenvalue weighted by atomic mass is 80.0. The lowest BCUT2D eigenvalue weighted by atomic mass is 10.6. The molecule has 0 N–H and O–H groups in total. The molecule has 0 saturated carbocycles. The number of hydrogen-bond donors (Lipinski definition) is 0. The van der Waals surface area contributed by atoms with Crippen molar-refractivity contribution in [2.45, 2.75) is 5.38 Å². The monoisotopic (exact) mass is 465 g/mol. The molecule has 0 saturated heterocycles. The van der Waals surface area contributed by atoms with Crippen molar-refractivity contribution in [1.29, 1.82) is 0 Å². The Balaban J connectivity index is 4.14. The van der Waals surface area contributed by atoms with Gasteiger partial charge in [-0.05, 0) is 0 Å². The van der Waals surface area contributed by atoms with Gasteiger partial charge in [0.05, 0.1) is 0 Å². The zero-order valence-corrected chi connectivity index (χ0v) is 12.8. The molecule has 0 amide bonds. The van der Waals surface area contributed by atoms with Gasteiger partial charge in [-0.2, -0.15) is 0 Å². The number of alkyl halides is 5. The molecule has 0 rings (SSSR count). The van der Waals surface area contributed by atoms with Crippen molar-refractivity contribution in [3.63, 3.8) is 0 Å². The molecule has 0 unspecified atom stereocenters. The average Bonchev–Trinajstić information content (AvgIpc) is 1.64. The maximum Gasteiger partial charge on any atom is 0.160 e. The molecule has 0 heterocycles. The van der Waals surface area contributed by atoms with Gasteiger partial charge in [-0.15, -0.1) is 0 Å². The van der Waals surface area contributed by atoms with Crippen molar-refractivity contribution >= 4 is 92.3 Å². The smallest absolute Gasteiger partial charge is 0.0916 e. The maximum atomic E-state index is 4.85. The summed E-state index contributed by atoms with van der Waals surface area (Å²) >= 11 is 21.6. The van der Waals surface area contributed by atoms with Crippen molar-refractivity contribution in [2.75, 3.05) is 5.75 Å². The highest BCUT2D eigenvalue weighted by Crippen LogP contribution is 2.52. The molecule has 9 heavy (non-hydrogen) atoms. The van der Waals surface area contributed by atoms with Crippen LogP contribution in [0.1, 0.15) is 0 Å². The summed E-state index contributed by atoms with van der Waals surface area (Å²) in [7, 11) is 0. The van der Waals surface area contributed by atoms with Crippen molar-refractivity contribution in [3.8, 4) is 0 Å². The first-order valence-corrected chi connectivity index (χ1v) is 6.38. The van der Waals surface area contributed by atoms with E-state index >= 15 is 0 Å². The van der Waals surface area contributed by atoms with Gasteiger partial charge in [0.25, 0.3) is 0 Å².